The second-order valence-electron chi connectivity index (χ2n) is 5.68. The Labute approximate surface area is 159 Å². The summed E-state index contributed by atoms with van der Waals surface area (Å²) in [5.41, 5.74) is 1.69. The molecule has 0 aliphatic carbocycles. The lowest BCUT2D eigenvalue weighted by molar-refractivity contribution is -0.116. The predicted molar refractivity (Wildman–Crippen MR) is 106 cm³/mol. The lowest BCUT2D eigenvalue weighted by atomic mass is 10.3. The molecular formula is C17H21N5O2S2. The first kappa shape index (κ1) is 18.7. The molecule has 3 rings (SSSR count). The fourth-order valence-corrected chi connectivity index (χ4v) is 4.43. The van der Waals surface area contributed by atoms with Gasteiger partial charge in [-0.05, 0) is 24.3 Å². The average Bonchev–Trinajstić information content (AvgIpc) is 3.17. The quantitative estimate of drug-likeness (QED) is 0.471. The second kappa shape index (κ2) is 8.50. The second-order valence-corrected chi connectivity index (χ2v) is 8.17. The molecular weight excluding hydrogens is 370 g/mol. The van der Waals surface area contributed by atoms with Gasteiger partial charge in [-0.25, -0.2) is 4.79 Å². The molecule has 138 valence electrons. The number of anilines is 1. The maximum absolute atomic E-state index is 12.7. The molecule has 7 nitrogen and oxygen atoms in total. The normalized spacial score (nSPS) is 11.2. The van der Waals surface area contributed by atoms with Crippen molar-refractivity contribution in [2.75, 3.05) is 11.1 Å². The molecule has 2 heterocycles. The van der Waals surface area contributed by atoms with Gasteiger partial charge in [0.1, 0.15) is 0 Å². The molecule has 0 atom stereocenters. The van der Waals surface area contributed by atoms with Gasteiger partial charge < -0.3 is 5.32 Å². The number of nitrogens with one attached hydrogen (secondary N) is 1. The molecule has 0 bridgehead atoms. The van der Waals surface area contributed by atoms with E-state index in [2.05, 4.69) is 15.5 Å². The number of aromatic nitrogens is 4. The molecule has 1 amide bonds. The fraction of sp³-hybridized carbons (Fsp3) is 0.412. The van der Waals surface area contributed by atoms with Crippen LogP contribution in [0.25, 0.3) is 11.0 Å². The Hall–Kier alpha value is -2.13. The molecule has 0 saturated heterocycles. The number of fused-ring (bicyclic) bond motifs is 1. The van der Waals surface area contributed by atoms with Gasteiger partial charge in [0.25, 0.3) is 0 Å². The van der Waals surface area contributed by atoms with E-state index in [0.29, 0.717) is 18.2 Å². The van der Waals surface area contributed by atoms with E-state index in [1.54, 1.807) is 20.9 Å². The summed E-state index contributed by atoms with van der Waals surface area (Å²) in [6.07, 6.45) is 1.08. The van der Waals surface area contributed by atoms with Crippen molar-refractivity contribution in [1.29, 1.82) is 0 Å². The van der Waals surface area contributed by atoms with Crippen LogP contribution in [0.1, 0.15) is 26.7 Å². The van der Waals surface area contributed by atoms with E-state index in [0.717, 1.165) is 27.5 Å². The molecule has 3 aromatic rings. The molecule has 1 N–H and O–H groups in total. The van der Waals surface area contributed by atoms with Crippen LogP contribution in [0, 0.1) is 0 Å². The van der Waals surface area contributed by atoms with Gasteiger partial charge in [0.15, 0.2) is 4.34 Å². The highest BCUT2D eigenvalue weighted by Gasteiger charge is 2.14. The van der Waals surface area contributed by atoms with Crippen LogP contribution < -0.4 is 11.0 Å². The Morgan fingerprint density at radius 2 is 1.85 bits per heavy atom. The number of carbonyl (C=O) groups is 1. The topological polar surface area (TPSA) is 81.8 Å². The minimum Gasteiger partial charge on any atom is -0.300 e. The number of nitrogens with zero attached hydrogens (tertiary/aromatic N) is 4. The third kappa shape index (κ3) is 3.99. The van der Waals surface area contributed by atoms with Gasteiger partial charge in [-0.3, -0.25) is 13.9 Å². The monoisotopic (exact) mass is 391 g/mol. The summed E-state index contributed by atoms with van der Waals surface area (Å²) < 4.78 is 4.27. The average molecular weight is 392 g/mol. The zero-order valence-electron chi connectivity index (χ0n) is 14.8. The standard InChI is InChI=1S/C17H21N5O2S2/c1-3-10-21-12-7-5-6-8-13(12)22(17(21)24)11-9-14(23)18-15-19-20-16(26-15)25-4-2/h5-8H,3-4,9-11H2,1-2H3,(H,18,19,23). The van der Waals surface area contributed by atoms with Gasteiger partial charge in [0, 0.05) is 19.5 Å². The molecule has 0 radical (unpaired) electrons. The maximum Gasteiger partial charge on any atom is 0.329 e. The Balaban J connectivity index is 1.72. The van der Waals surface area contributed by atoms with E-state index in [4.69, 9.17) is 0 Å². The Kier molecular flexibility index (Phi) is 6.10. The van der Waals surface area contributed by atoms with Gasteiger partial charge in [0.2, 0.25) is 11.0 Å². The van der Waals surface area contributed by atoms with Crippen LogP contribution in [0.4, 0.5) is 5.13 Å². The summed E-state index contributed by atoms with van der Waals surface area (Å²) in [7, 11) is 0. The summed E-state index contributed by atoms with van der Waals surface area (Å²) in [5.74, 6) is 0.737. The number of amides is 1. The number of imidazole rings is 1. The molecule has 0 unspecified atom stereocenters. The van der Waals surface area contributed by atoms with Crippen molar-refractivity contribution in [2.45, 2.75) is 44.1 Å². The first-order chi connectivity index (χ1) is 12.6. The Morgan fingerprint density at radius 1 is 1.15 bits per heavy atom. The van der Waals surface area contributed by atoms with Crippen LogP contribution in [-0.4, -0.2) is 31.0 Å². The zero-order chi connectivity index (χ0) is 18.5. The van der Waals surface area contributed by atoms with Crippen LogP contribution in [0.3, 0.4) is 0 Å². The van der Waals surface area contributed by atoms with Crippen molar-refractivity contribution in [3.63, 3.8) is 0 Å². The van der Waals surface area contributed by atoms with E-state index in [-0.39, 0.29) is 18.0 Å². The molecule has 1 aromatic carbocycles. The number of hydrogen-bond donors (Lipinski definition) is 1. The summed E-state index contributed by atoms with van der Waals surface area (Å²) in [6.45, 7) is 5.08. The molecule has 26 heavy (non-hydrogen) atoms. The predicted octanol–water partition coefficient (Wildman–Crippen LogP) is 3.21. The number of thioether (sulfide) groups is 1. The van der Waals surface area contributed by atoms with Gasteiger partial charge in [-0.1, -0.05) is 49.1 Å². The number of para-hydroxylation sites is 2. The number of carbonyl (C=O) groups excluding carboxylic acids is 1. The van der Waals surface area contributed by atoms with E-state index in [1.807, 2.05) is 38.1 Å². The van der Waals surface area contributed by atoms with Crippen molar-refractivity contribution in [3.05, 3.63) is 34.7 Å². The Bertz CT molecular complexity index is 960. The Morgan fingerprint density at radius 3 is 2.50 bits per heavy atom. The SMILES string of the molecule is CCCn1c(=O)n(CCC(=O)Nc2nnc(SCC)s2)c2ccccc21. The molecule has 0 saturated carbocycles. The van der Waals surface area contributed by atoms with E-state index < -0.39 is 0 Å². The van der Waals surface area contributed by atoms with Gasteiger partial charge in [-0.15, -0.1) is 10.2 Å². The van der Waals surface area contributed by atoms with Crippen molar-refractivity contribution in [1.82, 2.24) is 19.3 Å². The third-order valence-corrected chi connectivity index (χ3v) is 5.71. The number of hydrogen-bond acceptors (Lipinski definition) is 6. The van der Waals surface area contributed by atoms with Gasteiger partial charge in [0.05, 0.1) is 11.0 Å². The molecule has 0 fully saturated rings. The zero-order valence-corrected chi connectivity index (χ0v) is 16.4. The van der Waals surface area contributed by atoms with Crippen LogP contribution in [0.15, 0.2) is 33.4 Å². The van der Waals surface area contributed by atoms with Gasteiger partial charge in [-0.2, -0.15) is 0 Å². The lowest BCUT2D eigenvalue weighted by Gasteiger charge is -2.03. The first-order valence-corrected chi connectivity index (χ1v) is 10.4. The molecule has 0 spiro atoms. The smallest absolute Gasteiger partial charge is 0.300 e. The summed E-state index contributed by atoms with van der Waals surface area (Å²) in [6, 6.07) is 7.69. The van der Waals surface area contributed by atoms with Gasteiger partial charge >= 0.3 is 5.69 Å². The first-order valence-electron chi connectivity index (χ1n) is 8.58. The van der Waals surface area contributed by atoms with Crippen LogP contribution in [0.2, 0.25) is 0 Å². The summed E-state index contributed by atoms with van der Waals surface area (Å²) >= 11 is 2.95. The molecule has 0 aliphatic heterocycles. The number of aryl methyl sites for hydroxylation is 2. The highest BCUT2D eigenvalue weighted by molar-refractivity contribution is 8.01. The number of rotatable bonds is 8. The number of benzene rings is 1. The summed E-state index contributed by atoms with van der Waals surface area (Å²) in [4.78, 5) is 24.9. The van der Waals surface area contributed by atoms with Crippen LogP contribution in [0.5, 0.6) is 0 Å². The highest BCUT2D eigenvalue weighted by atomic mass is 32.2. The molecule has 2 aromatic heterocycles. The minimum absolute atomic E-state index is 0.0709. The van der Waals surface area contributed by atoms with E-state index in [9.17, 15) is 9.59 Å². The van der Waals surface area contributed by atoms with Crippen molar-refractivity contribution in [3.8, 4) is 0 Å². The van der Waals surface area contributed by atoms with Crippen LogP contribution in [-0.2, 0) is 17.9 Å². The third-order valence-electron chi connectivity index (χ3n) is 3.86. The van der Waals surface area contributed by atoms with Crippen molar-refractivity contribution < 1.29 is 4.79 Å². The fourth-order valence-electron chi connectivity index (χ4n) is 2.77. The largest absolute Gasteiger partial charge is 0.329 e. The van der Waals surface area contributed by atoms with E-state index >= 15 is 0 Å². The van der Waals surface area contributed by atoms with Crippen molar-refractivity contribution in [2.24, 2.45) is 0 Å². The molecule has 0 aliphatic rings. The lowest BCUT2D eigenvalue weighted by Crippen LogP contribution is -2.26. The van der Waals surface area contributed by atoms with Crippen molar-refractivity contribution >= 4 is 45.2 Å². The summed E-state index contributed by atoms with van der Waals surface area (Å²) in [5, 5.41) is 11.2. The van der Waals surface area contributed by atoms with E-state index in [1.165, 1.54) is 11.3 Å². The highest BCUT2D eigenvalue weighted by Crippen LogP contribution is 2.25. The minimum atomic E-state index is -0.173. The van der Waals surface area contributed by atoms with Crippen LogP contribution >= 0.6 is 23.1 Å². The molecule has 9 heteroatoms. The maximum atomic E-state index is 12.7.